The summed E-state index contributed by atoms with van der Waals surface area (Å²) in [5, 5.41) is 0.829. The fourth-order valence-corrected chi connectivity index (χ4v) is 3.63. The number of rotatable bonds is 7. The van der Waals surface area contributed by atoms with Crippen LogP contribution in [0, 0.1) is 0 Å². The van der Waals surface area contributed by atoms with Gasteiger partial charge >= 0.3 is 0 Å². The molecule has 1 amide bonds. The van der Waals surface area contributed by atoms with Crippen molar-refractivity contribution in [1.29, 1.82) is 0 Å². The number of hydrogen-bond acceptors (Lipinski definition) is 3. The fourth-order valence-electron chi connectivity index (χ4n) is 2.25. The summed E-state index contributed by atoms with van der Waals surface area (Å²) in [4.78, 5) is 14.1. The van der Waals surface area contributed by atoms with Gasteiger partial charge in [-0.1, -0.05) is 41.4 Å². The maximum absolute atomic E-state index is 12.5. The maximum atomic E-state index is 12.5. The number of sulfonamides is 1. The van der Waals surface area contributed by atoms with Crippen LogP contribution in [0.5, 0.6) is 0 Å². The molecule has 2 aromatic carbocycles. The number of carbonyl (C=O) groups excluding carboxylic acids is 1. The Morgan fingerprint density at radius 1 is 1.19 bits per heavy atom. The first kappa shape index (κ1) is 20.5. The number of nitrogens with one attached hydrogen (secondary N) is 1. The number of amides is 1. The van der Waals surface area contributed by atoms with E-state index in [1.807, 2.05) is 0 Å². The monoisotopic (exact) mass is 412 g/mol. The molecule has 0 bridgehead atoms. The Balaban J connectivity index is 2.14. The van der Waals surface area contributed by atoms with Gasteiger partial charge in [-0.05, 0) is 35.9 Å². The molecule has 2 rings (SSSR count). The van der Waals surface area contributed by atoms with Crippen molar-refractivity contribution in [1.82, 2.24) is 9.62 Å². The van der Waals surface area contributed by atoms with Crippen molar-refractivity contribution in [2.45, 2.75) is 11.4 Å². The van der Waals surface area contributed by atoms with Crippen LogP contribution >= 0.6 is 23.2 Å². The summed E-state index contributed by atoms with van der Waals surface area (Å²) in [6.07, 6.45) is 1.45. The lowest BCUT2D eigenvalue weighted by Crippen LogP contribution is -2.27. The maximum Gasteiger partial charge on any atom is 0.253 e. The Morgan fingerprint density at radius 3 is 2.46 bits per heavy atom. The predicted molar refractivity (Wildman–Crippen MR) is 104 cm³/mol. The Bertz CT molecular complexity index is 913. The molecule has 0 saturated heterocycles. The van der Waals surface area contributed by atoms with Crippen LogP contribution in [0.1, 0.15) is 15.9 Å². The van der Waals surface area contributed by atoms with Crippen molar-refractivity contribution < 1.29 is 13.2 Å². The number of carbonyl (C=O) groups is 1. The molecule has 26 heavy (non-hydrogen) atoms. The average Bonchev–Trinajstić information content (AvgIpc) is 2.63. The molecule has 0 fully saturated rings. The van der Waals surface area contributed by atoms with E-state index in [1.165, 1.54) is 35.2 Å². The van der Waals surface area contributed by atoms with E-state index in [4.69, 9.17) is 23.2 Å². The minimum absolute atomic E-state index is 0.0800. The molecule has 0 aliphatic heterocycles. The zero-order valence-corrected chi connectivity index (χ0v) is 16.4. The smallest absolute Gasteiger partial charge is 0.253 e. The van der Waals surface area contributed by atoms with Gasteiger partial charge in [0.15, 0.2) is 0 Å². The summed E-state index contributed by atoms with van der Waals surface area (Å²) in [5.41, 5.74) is 1.09. The van der Waals surface area contributed by atoms with E-state index in [9.17, 15) is 13.2 Å². The molecule has 0 radical (unpaired) electrons. The number of benzene rings is 2. The minimum Gasteiger partial charge on any atom is -0.337 e. The highest BCUT2D eigenvalue weighted by atomic mass is 35.5. The van der Waals surface area contributed by atoms with Gasteiger partial charge in [-0.15, -0.1) is 6.58 Å². The summed E-state index contributed by atoms with van der Waals surface area (Å²) in [5.74, 6) is -0.260. The third-order valence-corrected chi connectivity index (χ3v) is 5.91. The molecule has 0 aliphatic carbocycles. The summed E-state index contributed by atoms with van der Waals surface area (Å²) in [6.45, 7) is 3.87. The van der Waals surface area contributed by atoms with Crippen molar-refractivity contribution in [3.8, 4) is 0 Å². The predicted octanol–water partition coefficient (Wildman–Crippen LogP) is 3.73. The Hall–Kier alpha value is -1.86. The first-order chi connectivity index (χ1) is 12.3. The van der Waals surface area contributed by atoms with Crippen LogP contribution in [0.3, 0.4) is 0 Å². The van der Waals surface area contributed by atoms with Crippen molar-refractivity contribution in [3.63, 3.8) is 0 Å². The number of hydrogen-bond donors (Lipinski definition) is 1. The molecule has 0 heterocycles. The second-order valence-corrected chi connectivity index (χ2v) is 8.09. The van der Waals surface area contributed by atoms with E-state index in [0.717, 1.165) is 5.56 Å². The molecule has 0 spiro atoms. The lowest BCUT2D eigenvalue weighted by Gasteiger charge is -2.18. The second kappa shape index (κ2) is 8.68. The van der Waals surface area contributed by atoms with Gasteiger partial charge < -0.3 is 4.90 Å². The van der Waals surface area contributed by atoms with Gasteiger partial charge in [0.25, 0.3) is 5.91 Å². The quantitative estimate of drug-likeness (QED) is 0.704. The molecule has 0 saturated carbocycles. The summed E-state index contributed by atoms with van der Waals surface area (Å²) >= 11 is 12.1. The summed E-state index contributed by atoms with van der Waals surface area (Å²) < 4.78 is 26.4. The highest BCUT2D eigenvalue weighted by Crippen LogP contribution is 2.26. The van der Waals surface area contributed by atoms with E-state index in [0.29, 0.717) is 15.6 Å². The molecule has 5 nitrogen and oxygen atoms in total. The van der Waals surface area contributed by atoms with Crippen LogP contribution in [-0.4, -0.2) is 32.8 Å². The van der Waals surface area contributed by atoms with Crippen LogP contribution in [0.2, 0.25) is 10.0 Å². The van der Waals surface area contributed by atoms with Gasteiger partial charge in [0.2, 0.25) is 10.0 Å². The Morgan fingerprint density at radius 2 is 1.85 bits per heavy atom. The van der Waals surface area contributed by atoms with E-state index in [2.05, 4.69) is 11.3 Å². The first-order valence-electron chi connectivity index (χ1n) is 7.65. The summed E-state index contributed by atoms with van der Waals surface area (Å²) in [6, 6.07) is 10.9. The van der Waals surface area contributed by atoms with Crippen LogP contribution in [-0.2, 0) is 16.6 Å². The highest BCUT2D eigenvalue weighted by Gasteiger charge is 2.17. The third kappa shape index (κ3) is 4.86. The van der Waals surface area contributed by atoms with Gasteiger partial charge in [0.05, 0.1) is 14.9 Å². The molecule has 8 heteroatoms. The van der Waals surface area contributed by atoms with Gasteiger partial charge in [-0.2, -0.15) is 0 Å². The lowest BCUT2D eigenvalue weighted by atomic mass is 10.1. The average molecular weight is 413 g/mol. The number of halogens is 2. The van der Waals surface area contributed by atoms with E-state index in [-0.39, 0.29) is 23.9 Å². The SMILES string of the molecule is C=CCNS(=O)(=O)c1ccc(C(=O)N(C)Cc2cccc(Cl)c2Cl)cc1. The molecule has 0 atom stereocenters. The van der Waals surface area contributed by atoms with E-state index >= 15 is 0 Å². The second-order valence-electron chi connectivity index (χ2n) is 5.54. The molecule has 0 aromatic heterocycles. The van der Waals surface area contributed by atoms with Crippen molar-refractivity contribution in [2.24, 2.45) is 0 Å². The van der Waals surface area contributed by atoms with Crippen molar-refractivity contribution in [2.75, 3.05) is 13.6 Å². The molecule has 138 valence electrons. The molecule has 0 unspecified atom stereocenters. The largest absolute Gasteiger partial charge is 0.337 e. The third-order valence-electron chi connectivity index (χ3n) is 3.62. The normalized spacial score (nSPS) is 11.2. The van der Waals surface area contributed by atoms with Gasteiger partial charge in [-0.25, -0.2) is 13.1 Å². The van der Waals surface area contributed by atoms with E-state index < -0.39 is 10.0 Å². The first-order valence-corrected chi connectivity index (χ1v) is 9.89. The standard InChI is InChI=1S/C18H18Cl2N2O3S/c1-3-11-21-26(24,25)15-9-7-13(8-10-15)18(23)22(2)12-14-5-4-6-16(19)17(14)20/h3-10,21H,1,11-12H2,2H3. The van der Waals surface area contributed by atoms with Crippen molar-refractivity contribution in [3.05, 3.63) is 76.3 Å². The summed E-state index contributed by atoms with van der Waals surface area (Å²) in [7, 11) is -1.99. The van der Waals surface area contributed by atoms with Crippen LogP contribution in [0.25, 0.3) is 0 Å². The highest BCUT2D eigenvalue weighted by molar-refractivity contribution is 7.89. The fraction of sp³-hybridized carbons (Fsp3) is 0.167. The lowest BCUT2D eigenvalue weighted by molar-refractivity contribution is 0.0785. The molecule has 0 aliphatic rings. The zero-order valence-electron chi connectivity index (χ0n) is 14.1. The van der Waals surface area contributed by atoms with Crippen LogP contribution in [0.15, 0.2) is 60.0 Å². The number of nitrogens with zero attached hydrogens (tertiary/aromatic N) is 1. The Labute approximate surface area is 163 Å². The van der Waals surface area contributed by atoms with Gasteiger partial charge in [0.1, 0.15) is 0 Å². The van der Waals surface area contributed by atoms with Gasteiger partial charge in [-0.3, -0.25) is 4.79 Å². The Kier molecular flexibility index (Phi) is 6.83. The van der Waals surface area contributed by atoms with Crippen LogP contribution in [0.4, 0.5) is 0 Å². The molecular weight excluding hydrogens is 395 g/mol. The van der Waals surface area contributed by atoms with Crippen molar-refractivity contribution >= 4 is 39.1 Å². The van der Waals surface area contributed by atoms with Crippen LogP contribution < -0.4 is 4.72 Å². The minimum atomic E-state index is -3.62. The zero-order chi connectivity index (χ0) is 19.3. The van der Waals surface area contributed by atoms with E-state index in [1.54, 1.807) is 25.2 Å². The molecule has 1 N–H and O–H groups in total. The van der Waals surface area contributed by atoms with Gasteiger partial charge in [0, 0.05) is 25.7 Å². The molecule has 2 aromatic rings. The topological polar surface area (TPSA) is 66.5 Å². The molecular formula is C18H18Cl2N2O3S.